The Balaban J connectivity index is 1.97. The summed E-state index contributed by atoms with van der Waals surface area (Å²) >= 11 is 1.70. The molecule has 1 saturated heterocycles. The van der Waals surface area contributed by atoms with Gasteiger partial charge in [-0.3, -0.25) is 0 Å². The van der Waals surface area contributed by atoms with Crippen LogP contribution in [-0.4, -0.2) is 22.9 Å². The summed E-state index contributed by atoms with van der Waals surface area (Å²) in [6.45, 7) is 2.58. The summed E-state index contributed by atoms with van der Waals surface area (Å²) in [4.78, 5) is 0. The zero-order chi connectivity index (χ0) is 13.3. The van der Waals surface area contributed by atoms with E-state index in [1.54, 1.807) is 11.8 Å². The van der Waals surface area contributed by atoms with Crippen LogP contribution >= 0.6 is 11.8 Å². The molecule has 1 aliphatic rings. The van der Waals surface area contributed by atoms with Gasteiger partial charge in [-0.05, 0) is 41.5 Å². The van der Waals surface area contributed by atoms with Crippen molar-refractivity contribution in [2.45, 2.75) is 24.4 Å². The molecule has 2 unspecified atom stereocenters. The van der Waals surface area contributed by atoms with Crippen molar-refractivity contribution in [3.63, 3.8) is 0 Å². The topological polar surface area (TPSA) is 29.5 Å². The lowest BCUT2D eigenvalue weighted by Gasteiger charge is -2.35. The number of aliphatic hydroxyl groups is 1. The van der Waals surface area contributed by atoms with Crippen LogP contribution in [0.5, 0.6) is 0 Å². The van der Waals surface area contributed by atoms with Gasteiger partial charge in [0.25, 0.3) is 0 Å². The first-order valence-corrected chi connectivity index (χ1v) is 7.68. The summed E-state index contributed by atoms with van der Waals surface area (Å²) < 4.78 is 5.72. The van der Waals surface area contributed by atoms with Gasteiger partial charge < -0.3 is 9.84 Å². The van der Waals surface area contributed by atoms with E-state index in [9.17, 15) is 5.11 Å². The molecule has 2 nitrogen and oxygen atoms in total. The summed E-state index contributed by atoms with van der Waals surface area (Å²) in [6, 6.07) is 14.3. The summed E-state index contributed by atoms with van der Waals surface area (Å²) in [7, 11) is 0. The minimum absolute atomic E-state index is 0.178. The first-order chi connectivity index (χ1) is 9.18. The highest BCUT2D eigenvalue weighted by Crippen LogP contribution is 2.37. The van der Waals surface area contributed by atoms with Gasteiger partial charge in [0.15, 0.2) is 0 Å². The van der Waals surface area contributed by atoms with E-state index in [2.05, 4.69) is 24.3 Å². The fraction of sp³-hybridized carbons (Fsp3) is 0.375. The Hall–Kier alpha value is -1.03. The summed E-state index contributed by atoms with van der Waals surface area (Å²) in [5.41, 5.74) is -0.206. The third-order valence-corrected chi connectivity index (χ3v) is 5.04. The van der Waals surface area contributed by atoms with Gasteiger partial charge in [0.1, 0.15) is 11.0 Å². The Morgan fingerprint density at radius 3 is 2.74 bits per heavy atom. The van der Waals surface area contributed by atoms with Crippen LogP contribution in [0.25, 0.3) is 10.8 Å². The quantitative estimate of drug-likeness (QED) is 0.908. The maximum atomic E-state index is 10.8. The van der Waals surface area contributed by atoms with E-state index in [0.717, 1.165) is 29.7 Å². The molecule has 3 heteroatoms. The Labute approximate surface area is 117 Å². The van der Waals surface area contributed by atoms with Crippen LogP contribution in [0.1, 0.15) is 18.9 Å². The number of benzene rings is 2. The van der Waals surface area contributed by atoms with Gasteiger partial charge in [0.2, 0.25) is 0 Å². The Morgan fingerprint density at radius 1 is 1.21 bits per heavy atom. The zero-order valence-electron chi connectivity index (χ0n) is 11.0. The number of ether oxygens (including phenoxy) is 1. The first kappa shape index (κ1) is 13.0. The van der Waals surface area contributed by atoms with Crippen LogP contribution in [0, 0.1) is 0 Å². The van der Waals surface area contributed by atoms with E-state index in [1.165, 1.54) is 5.39 Å². The van der Waals surface area contributed by atoms with Crippen molar-refractivity contribution in [3.8, 4) is 0 Å². The normalized spacial score (nSPS) is 23.2. The molecule has 0 bridgehead atoms. The van der Waals surface area contributed by atoms with E-state index in [0.29, 0.717) is 0 Å². The molecule has 0 spiro atoms. The molecule has 0 amide bonds. The fourth-order valence-electron chi connectivity index (χ4n) is 2.45. The van der Waals surface area contributed by atoms with E-state index < -0.39 is 5.60 Å². The molecule has 2 aromatic rings. The van der Waals surface area contributed by atoms with E-state index in [-0.39, 0.29) is 5.44 Å². The first-order valence-electron chi connectivity index (χ1n) is 6.63. The number of hydrogen-bond acceptors (Lipinski definition) is 3. The van der Waals surface area contributed by atoms with Gasteiger partial charge in [-0.15, -0.1) is 11.8 Å². The van der Waals surface area contributed by atoms with Gasteiger partial charge in [0, 0.05) is 6.61 Å². The standard InChI is InChI=1S/C16H18O2S/c1-16(17,15-18-9-4-10-19-15)14-8-7-12-5-2-3-6-13(12)11-14/h2-3,5-8,11,15,17H,4,9-10H2,1H3. The van der Waals surface area contributed by atoms with Gasteiger partial charge in [-0.2, -0.15) is 0 Å². The number of fused-ring (bicyclic) bond motifs is 1. The number of hydrogen-bond donors (Lipinski definition) is 1. The molecule has 19 heavy (non-hydrogen) atoms. The van der Waals surface area contributed by atoms with Crippen molar-refractivity contribution >= 4 is 22.5 Å². The van der Waals surface area contributed by atoms with Crippen molar-refractivity contribution in [2.75, 3.05) is 12.4 Å². The monoisotopic (exact) mass is 274 g/mol. The molecular weight excluding hydrogens is 256 g/mol. The fourth-order valence-corrected chi connectivity index (χ4v) is 3.60. The molecule has 0 aliphatic carbocycles. The average Bonchev–Trinajstić information content (AvgIpc) is 2.47. The highest BCUT2D eigenvalue weighted by atomic mass is 32.2. The van der Waals surface area contributed by atoms with Crippen molar-refractivity contribution in [2.24, 2.45) is 0 Å². The predicted octanol–water partition coefficient (Wildman–Crippen LogP) is 3.53. The third kappa shape index (κ3) is 2.50. The largest absolute Gasteiger partial charge is 0.382 e. The molecule has 0 saturated carbocycles. The van der Waals surface area contributed by atoms with Crippen molar-refractivity contribution in [1.82, 2.24) is 0 Å². The maximum absolute atomic E-state index is 10.8. The van der Waals surface area contributed by atoms with Crippen LogP contribution in [0.4, 0.5) is 0 Å². The molecule has 0 radical (unpaired) electrons. The lowest BCUT2D eigenvalue weighted by molar-refractivity contribution is -0.0612. The summed E-state index contributed by atoms with van der Waals surface area (Å²) in [5.74, 6) is 1.05. The van der Waals surface area contributed by atoms with Crippen molar-refractivity contribution in [1.29, 1.82) is 0 Å². The second kappa shape index (κ2) is 5.16. The molecule has 2 atom stereocenters. The second-order valence-electron chi connectivity index (χ2n) is 5.14. The van der Waals surface area contributed by atoms with Crippen molar-refractivity contribution < 1.29 is 9.84 Å². The average molecular weight is 274 g/mol. The minimum atomic E-state index is -0.949. The molecule has 0 aromatic heterocycles. The molecule has 1 heterocycles. The van der Waals surface area contributed by atoms with E-state index in [4.69, 9.17) is 4.74 Å². The Bertz CT molecular complexity index is 574. The highest BCUT2D eigenvalue weighted by Gasteiger charge is 2.36. The molecule has 2 aromatic carbocycles. The predicted molar refractivity (Wildman–Crippen MR) is 80.3 cm³/mol. The zero-order valence-corrected chi connectivity index (χ0v) is 11.8. The smallest absolute Gasteiger partial charge is 0.135 e. The van der Waals surface area contributed by atoms with Crippen LogP contribution in [0.2, 0.25) is 0 Å². The molecule has 100 valence electrons. The lowest BCUT2D eigenvalue weighted by atomic mass is 9.94. The van der Waals surface area contributed by atoms with Gasteiger partial charge in [0.05, 0.1) is 0 Å². The van der Waals surface area contributed by atoms with E-state index >= 15 is 0 Å². The summed E-state index contributed by atoms with van der Waals surface area (Å²) in [6.07, 6.45) is 1.06. The lowest BCUT2D eigenvalue weighted by Crippen LogP contribution is -2.38. The van der Waals surface area contributed by atoms with Crippen molar-refractivity contribution in [3.05, 3.63) is 48.0 Å². The maximum Gasteiger partial charge on any atom is 0.135 e. The Morgan fingerprint density at radius 2 is 2.00 bits per heavy atom. The van der Waals surface area contributed by atoms with Gasteiger partial charge >= 0.3 is 0 Å². The molecule has 1 fully saturated rings. The molecular formula is C16H18O2S. The minimum Gasteiger partial charge on any atom is -0.382 e. The van der Waals surface area contributed by atoms with Crippen LogP contribution < -0.4 is 0 Å². The van der Waals surface area contributed by atoms with Crippen LogP contribution in [0.3, 0.4) is 0 Å². The van der Waals surface area contributed by atoms with E-state index in [1.807, 2.05) is 25.1 Å². The second-order valence-corrected chi connectivity index (χ2v) is 6.31. The number of thioether (sulfide) groups is 1. The molecule has 1 aliphatic heterocycles. The Kier molecular flexibility index (Phi) is 3.52. The molecule has 3 rings (SSSR count). The van der Waals surface area contributed by atoms with Gasteiger partial charge in [-0.1, -0.05) is 36.4 Å². The SMILES string of the molecule is CC(O)(c1ccc2ccccc2c1)C1OCCCS1. The molecule has 1 N–H and O–H groups in total. The summed E-state index contributed by atoms with van der Waals surface area (Å²) in [5, 5.41) is 13.2. The van der Waals surface area contributed by atoms with Crippen LogP contribution in [0.15, 0.2) is 42.5 Å². The van der Waals surface area contributed by atoms with Gasteiger partial charge in [-0.25, -0.2) is 0 Å². The highest BCUT2D eigenvalue weighted by molar-refractivity contribution is 7.99. The van der Waals surface area contributed by atoms with Crippen LogP contribution in [-0.2, 0) is 10.3 Å². The number of rotatable bonds is 2. The third-order valence-electron chi connectivity index (χ3n) is 3.62.